The van der Waals surface area contributed by atoms with Gasteiger partial charge in [0, 0.05) is 6.42 Å². The van der Waals surface area contributed by atoms with E-state index in [2.05, 4.69) is 79.9 Å². The van der Waals surface area contributed by atoms with Gasteiger partial charge < -0.3 is 89.9 Å². The average molecular weight is 1530 g/mol. The Morgan fingerprint density at radius 3 is 0.991 bits per heavy atom. The van der Waals surface area contributed by atoms with Crippen molar-refractivity contribution in [1.82, 2.24) is 5.32 Å². The molecule has 3 aliphatic heterocycles. The van der Waals surface area contributed by atoms with Crippen molar-refractivity contribution in [3.63, 3.8) is 0 Å². The molecule has 3 heterocycles. The van der Waals surface area contributed by atoms with E-state index in [4.69, 9.17) is 28.4 Å². The van der Waals surface area contributed by atoms with Gasteiger partial charge in [0.25, 0.3) is 0 Å². The Bertz CT molecular complexity index is 2230. The van der Waals surface area contributed by atoms with E-state index >= 15 is 0 Å². The number of hydrogen-bond acceptors (Lipinski definition) is 18. The van der Waals surface area contributed by atoms with Gasteiger partial charge in [-0.25, -0.2) is 0 Å². The predicted molar refractivity (Wildman–Crippen MR) is 434 cm³/mol. The lowest BCUT2D eigenvalue weighted by Gasteiger charge is -2.48. The standard InChI is InChI=1S/C89H161NO18/c1-3-5-7-9-11-13-15-17-19-21-23-25-27-29-31-32-33-34-35-36-37-38-39-40-41-43-45-47-49-51-53-55-57-59-61-63-65-67-77(95)90-72(73(94)66-64-62-60-58-56-54-52-50-48-46-44-42-30-28-26-24-22-20-18-16-14-12-10-8-6-4-2)71-103-87-83(101)80(98)85(75(69-92)105-87)108-89-84(102)81(99)86(76(70-93)106-89)107-88-82(100)79(97)78(96)74(68-91)104-88/h15,17,21,23,27,29,48,50,56,58,64,66,72-76,78-89,91-94,96-102H,3-14,16,18-20,22,24-26,28,30-47,49,51-55,57,59-63,65,67-71H2,1-2H3,(H,90,95)/b17-15-,23-21-,29-27-,50-48+,58-56+,66-64+. The highest BCUT2D eigenvalue weighted by Crippen LogP contribution is 2.33. The molecule has 0 aromatic rings. The van der Waals surface area contributed by atoms with Crippen LogP contribution in [0.4, 0.5) is 0 Å². The van der Waals surface area contributed by atoms with Crippen molar-refractivity contribution in [2.24, 2.45) is 0 Å². The highest BCUT2D eigenvalue weighted by Gasteiger charge is 2.54. The molecule has 108 heavy (non-hydrogen) atoms. The summed E-state index contributed by atoms with van der Waals surface area (Å²) in [6.45, 7) is 1.74. The maximum atomic E-state index is 13.5. The number of hydrogen-bond donors (Lipinski definition) is 12. The van der Waals surface area contributed by atoms with Gasteiger partial charge in [0.05, 0.1) is 38.6 Å². The van der Waals surface area contributed by atoms with Crippen molar-refractivity contribution in [2.75, 3.05) is 26.4 Å². The van der Waals surface area contributed by atoms with Gasteiger partial charge in [0.1, 0.15) is 73.2 Å². The first-order chi connectivity index (χ1) is 52.8. The van der Waals surface area contributed by atoms with E-state index in [1.54, 1.807) is 6.08 Å². The van der Waals surface area contributed by atoms with Crippen molar-refractivity contribution in [3.05, 3.63) is 72.9 Å². The van der Waals surface area contributed by atoms with E-state index in [0.717, 1.165) is 57.8 Å². The molecular weight excluding hydrogens is 1370 g/mol. The van der Waals surface area contributed by atoms with Crippen LogP contribution in [-0.4, -0.2) is 193 Å². The van der Waals surface area contributed by atoms with Crippen molar-refractivity contribution in [2.45, 2.75) is 458 Å². The van der Waals surface area contributed by atoms with Crippen LogP contribution in [0.25, 0.3) is 0 Å². The Labute approximate surface area is 655 Å². The maximum Gasteiger partial charge on any atom is 0.220 e. The number of aliphatic hydroxyl groups excluding tert-OH is 11. The second kappa shape index (κ2) is 68.6. The summed E-state index contributed by atoms with van der Waals surface area (Å²) in [5.41, 5.74) is 0. The zero-order valence-electron chi connectivity index (χ0n) is 67.8. The number of nitrogens with one attached hydrogen (secondary N) is 1. The van der Waals surface area contributed by atoms with E-state index in [-0.39, 0.29) is 18.9 Å². The fourth-order valence-electron chi connectivity index (χ4n) is 14.6. The molecule has 3 aliphatic rings. The van der Waals surface area contributed by atoms with Gasteiger partial charge in [-0.15, -0.1) is 0 Å². The minimum Gasteiger partial charge on any atom is -0.394 e. The average Bonchev–Trinajstić information content (AvgIpc) is 0.779. The molecule has 1 amide bonds. The van der Waals surface area contributed by atoms with Gasteiger partial charge in [-0.1, -0.05) is 337 Å². The van der Waals surface area contributed by atoms with Crippen LogP contribution in [0.2, 0.25) is 0 Å². The molecule has 0 aliphatic carbocycles. The molecule has 0 radical (unpaired) electrons. The Hall–Kier alpha value is -2.77. The summed E-state index contributed by atoms with van der Waals surface area (Å²) in [7, 11) is 0. The van der Waals surface area contributed by atoms with Gasteiger partial charge in [-0.2, -0.15) is 0 Å². The number of ether oxygens (including phenoxy) is 6. The quantitative estimate of drug-likeness (QED) is 0.0199. The number of amides is 1. The van der Waals surface area contributed by atoms with E-state index in [1.807, 2.05) is 6.08 Å². The van der Waals surface area contributed by atoms with Crippen LogP contribution in [0, 0.1) is 0 Å². The number of rotatable bonds is 71. The molecular formula is C89H161NO18. The summed E-state index contributed by atoms with van der Waals surface area (Å²) >= 11 is 0. The molecule has 630 valence electrons. The Morgan fingerprint density at radius 1 is 0.333 bits per heavy atom. The first-order valence-electron chi connectivity index (χ1n) is 44.2. The second-order valence-electron chi connectivity index (χ2n) is 31.3. The molecule has 3 saturated heterocycles. The topological polar surface area (TPSA) is 307 Å². The highest BCUT2D eigenvalue weighted by molar-refractivity contribution is 5.76. The summed E-state index contributed by atoms with van der Waals surface area (Å²) in [4.78, 5) is 13.5. The maximum absolute atomic E-state index is 13.5. The van der Waals surface area contributed by atoms with Crippen LogP contribution in [0.1, 0.15) is 354 Å². The van der Waals surface area contributed by atoms with Gasteiger partial charge in [0.2, 0.25) is 5.91 Å². The molecule has 19 nitrogen and oxygen atoms in total. The lowest BCUT2D eigenvalue weighted by molar-refractivity contribution is -0.379. The highest BCUT2D eigenvalue weighted by atomic mass is 16.8. The van der Waals surface area contributed by atoms with Crippen molar-refractivity contribution < 1.29 is 89.4 Å². The molecule has 17 unspecified atom stereocenters. The summed E-state index contributed by atoms with van der Waals surface area (Å²) in [5.74, 6) is -0.285. The molecule has 0 spiro atoms. The Kier molecular flexibility index (Phi) is 63.2. The molecule has 19 heteroatoms. The number of carbonyl (C=O) groups is 1. The minimum absolute atomic E-state index is 0.233. The molecule has 0 saturated carbocycles. The number of allylic oxidation sites excluding steroid dienone is 11. The van der Waals surface area contributed by atoms with E-state index in [1.165, 1.54) is 263 Å². The summed E-state index contributed by atoms with van der Waals surface area (Å²) in [6.07, 6.45) is 64.8. The fourth-order valence-corrected chi connectivity index (χ4v) is 14.6. The summed E-state index contributed by atoms with van der Waals surface area (Å²) in [6, 6.07) is -1.000. The zero-order chi connectivity index (χ0) is 78.1. The summed E-state index contributed by atoms with van der Waals surface area (Å²) in [5, 5.41) is 121. The largest absolute Gasteiger partial charge is 0.394 e. The normalized spacial score (nSPS) is 25.7. The van der Waals surface area contributed by atoms with Crippen LogP contribution >= 0.6 is 0 Å². The van der Waals surface area contributed by atoms with Gasteiger partial charge in [0.15, 0.2) is 18.9 Å². The molecule has 3 rings (SSSR count). The Balaban J connectivity index is 1.34. The van der Waals surface area contributed by atoms with Crippen LogP contribution in [-0.2, 0) is 33.2 Å². The summed E-state index contributed by atoms with van der Waals surface area (Å²) < 4.78 is 34.5. The number of unbranched alkanes of at least 4 members (excludes halogenated alkanes) is 45. The third-order valence-electron chi connectivity index (χ3n) is 21.7. The zero-order valence-corrected chi connectivity index (χ0v) is 67.8. The van der Waals surface area contributed by atoms with Crippen molar-refractivity contribution in [3.8, 4) is 0 Å². The smallest absolute Gasteiger partial charge is 0.220 e. The van der Waals surface area contributed by atoms with Crippen molar-refractivity contribution >= 4 is 5.91 Å². The molecule has 12 N–H and O–H groups in total. The van der Waals surface area contributed by atoms with Crippen LogP contribution in [0.3, 0.4) is 0 Å². The van der Waals surface area contributed by atoms with E-state index in [0.29, 0.717) is 12.8 Å². The van der Waals surface area contributed by atoms with E-state index in [9.17, 15) is 61.0 Å². The first kappa shape index (κ1) is 99.4. The fraction of sp³-hybridized carbons (Fsp3) is 0.854. The van der Waals surface area contributed by atoms with Gasteiger partial charge in [-0.3, -0.25) is 4.79 Å². The third kappa shape index (κ3) is 47.2. The van der Waals surface area contributed by atoms with E-state index < -0.39 is 124 Å². The number of aliphatic hydroxyl groups is 11. The first-order valence-corrected chi connectivity index (χ1v) is 44.2. The van der Waals surface area contributed by atoms with Crippen molar-refractivity contribution in [1.29, 1.82) is 0 Å². The van der Waals surface area contributed by atoms with Crippen LogP contribution in [0.5, 0.6) is 0 Å². The number of carbonyl (C=O) groups excluding carboxylic acids is 1. The molecule has 3 fully saturated rings. The lowest BCUT2D eigenvalue weighted by atomic mass is 9.96. The molecule has 0 bridgehead atoms. The molecule has 17 atom stereocenters. The van der Waals surface area contributed by atoms with Gasteiger partial charge in [-0.05, 0) is 83.5 Å². The minimum atomic E-state index is -1.99. The predicted octanol–water partition coefficient (Wildman–Crippen LogP) is 16.3. The third-order valence-corrected chi connectivity index (χ3v) is 21.7. The molecule has 0 aromatic carbocycles. The SMILES string of the molecule is CCCCCCC/C=C\C/C=C\C/C=C\CCCCCCCCCCCCCCCCCCCCCCCCC(=O)NC(COC1OC(CO)C(OC2OC(CO)C(OC3OC(CO)C(O)C(O)C3O)C(O)C2O)C(O)C1O)C(O)/C=C/CC/C=C/CC/C=C/CCCCCCCCCCCCCCCCCC. The second-order valence-corrected chi connectivity index (χ2v) is 31.3. The lowest BCUT2D eigenvalue weighted by Crippen LogP contribution is -2.66. The van der Waals surface area contributed by atoms with Crippen LogP contribution < -0.4 is 5.32 Å². The molecule has 0 aromatic heterocycles. The van der Waals surface area contributed by atoms with Gasteiger partial charge >= 0.3 is 0 Å². The monoisotopic (exact) mass is 1530 g/mol. The van der Waals surface area contributed by atoms with Crippen LogP contribution in [0.15, 0.2) is 72.9 Å². The Morgan fingerprint density at radius 2 is 0.620 bits per heavy atom.